The Hall–Kier alpha value is -1.88. The maximum atomic E-state index is 12.6. The molecule has 1 aromatic carbocycles. The molecule has 5 nitrogen and oxygen atoms in total. The normalized spacial score (nSPS) is 24.6. The van der Waals surface area contributed by atoms with E-state index in [9.17, 15) is 9.59 Å². The highest BCUT2D eigenvalue weighted by molar-refractivity contribution is 6.04. The summed E-state index contributed by atoms with van der Waals surface area (Å²) >= 11 is 0. The van der Waals surface area contributed by atoms with Gasteiger partial charge in [-0.25, -0.2) is 0 Å². The maximum absolute atomic E-state index is 12.6. The van der Waals surface area contributed by atoms with Gasteiger partial charge in [-0.1, -0.05) is 6.42 Å². The van der Waals surface area contributed by atoms with E-state index in [4.69, 9.17) is 4.74 Å². The number of ketones is 1. The van der Waals surface area contributed by atoms with E-state index in [2.05, 4.69) is 5.32 Å². The van der Waals surface area contributed by atoms with Crippen LogP contribution in [0.3, 0.4) is 0 Å². The number of hydrogen-bond donors (Lipinski definition) is 1. The van der Waals surface area contributed by atoms with E-state index < -0.39 is 6.10 Å². The molecule has 1 aromatic rings. The third-order valence-electron chi connectivity index (χ3n) is 4.39. The molecule has 2 aliphatic heterocycles. The molecule has 0 aliphatic carbocycles. The van der Waals surface area contributed by atoms with Crippen molar-refractivity contribution in [2.24, 2.45) is 0 Å². The van der Waals surface area contributed by atoms with Crippen LogP contribution < -0.4 is 15.0 Å². The summed E-state index contributed by atoms with van der Waals surface area (Å²) in [4.78, 5) is 26.5. The highest BCUT2D eigenvalue weighted by Gasteiger charge is 2.31. The molecule has 2 unspecified atom stereocenters. The van der Waals surface area contributed by atoms with Crippen LogP contribution in [0.2, 0.25) is 0 Å². The Kier molecular flexibility index (Phi) is 4.16. The molecule has 5 heteroatoms. The topological polar surface area (TPSA) is 58.6 Å². The highest BCUT2D eigenvalue weighted by atomic mass is 16.5. The van der Waals surface area contributed by atoms with E-state index >= 15 is 0 Å². The summed E-state index contributed by atoms with van der Waals surface area (Å²) in [7, 11) is 0. The minimum Gasteiger partial charge on any atom is -0.479 e. The number of hydrogen-bond acceptors (Lipinski definition) is 4. The second-order valence-corrected chi connectivity index (χ2v) is 5.89. The van der Waals surface area contributed by atoms with E-state index in [1.807, 2.05) is 6.92 Å². The fraction of sp³-hybridized carbons (Fsp3) is 0.529. The SMILES string of the molecule is CCN1C(=O)C(C)Oc2ccc(C(=O)C3CCCCN3)cc21. The van der Waals surface area contributed by atoms with Crippen molar-refractivity contribution < 1.29 is 14.3 Å². The number of anilines is 1. The predicted octanol–water partition coefficient (Wildman–Crippen LogP) is 2.15. The number of rotatable bonds is 3. The molecule has 22 heavy (non-hydrogen) atoms. The Morgan fingerprint density at radius 1 is 1.41 bits per heavy atom. The number of benzene rings is 1. The van der Waals surface area contributed by atoms with Crippen molar-refractivity contribution in [2.75, 3.05) is 18.0 Å². The Morgan fingerprint density at radius 2 is 2.23 bits per heavy atom. The standard InChI is InChI=1S/C17H22N2O3/c1-3-19-14-10-12(16(20)13-6-4-5-9-18-13)7-8-15(14)22-11(2)17(19)21/h7-8,10-11,13,18H,3-6,9H2,1-2H3. The van der Waals surface area contributed by atoms with Crippen molar-refractivity contribution in [1.29, 1.82) is 0 Å². The van der Waals surface area contributed by atoms with E-state index in [1.165, 1.54) is 0 Å². The van der Waals surface area contributed by atoms with Gasteiger partial charge in [0.15, 0.2) is 11.9 Å². The monoisotopic (exact) mass is 302 g/mol. The third-order valence-corrected chi connectivity index (χ3v) is 4.39. The second kappa shape index (κ2) is 6.08. The summed E-state index contributed by atoms with van der Waals surface area (Å²) < 4.78 is 5.64. The first-order chi connectivity index (χ1) is 10.6. The quantitative estimate of drug-likeness (QED) is 0.869. The van der Waals surface area contributed by atoms with Gasteiger partial charge in [0.05, 0.1) is 11.7 Å². The molecule has 0 radical (unpaired) electrons. The van der Waals surface area contributed by atoms with Gasteiger partial charge in [0.2, 0.25) is 0 Å². The van der Waals surface area contributed by atoms with Gasteiger partial charge in [0, 0.05) is 12.1 Å². The van der Waals surface area contributed by atoms with Gasteiger partial charge in [0.25, 0.3) is 5.91 Å². The summed E-state index contributed by atoms with van der Waals surface area (Å²) in [5.74, 6) is 0.710. The van der Waals surface area contributed by atoms with Gasteiger partial charge in [0.1, 0.15) is 5.75 Å². The minimum atomic E-state index is -0.478. The first kappa shape index (κ1) is 15.0. The van der Waals surface area contributed by atoms with Crippen molar-refractivity contribution in [1.82, 2.24) is 5.32 Å². The van der Waals surface area contributed by atoms with Gasteiger partial charge >= 0.3 is 0 Å². The lowest BCUT2D eigenvalue weighted by molar-refractivity contribution is -0.125. The third kappa shape index (κ3) is 2.61. The van der Waals surface area contributed by atoms with Gasteiger partial charge in [-0.3, -0.25) is 9.59 Å². The lowest BCUT2D eigenvalue weighted by Gasteiger charge is -2.32. The Bertz CT molecular complexity index is 594. The minimum absolute atomic E-state index is 0.0598. The first-order valence-corrected chi connectivity index (χ1v) is 8.01. The van der Waals surface area contributed by atoms with E-state index in [0.717, 1.165) is 25.8 Å². The van der Waals surface area contributed by atoms with E-state index in [-0.39, 0.29) is 17.7 Å². The second-order valence-electron chi connectivity index (χ2n) is 5.89. The van der Waals surface area contributed by atoms with Crippen molar-refractivity contribution in [3.63, 3.8) is 0 Å². The summed E-state index contributed by atoms with van der Waals surface area (Å²) in [6.45, 7) is 5.14. The summed E-state index contributed by atoms with van der Waals surface area (Å²) in [6, 6.07) is 5.28. The van der Waals surface area contributed by atoms with Gasteiger partial charge in [-0.15, -0.1) is 0 Å². The van der Waals surface area contributed by atoms with Crippen molar-refractivity contribution in [2.45, 2.75) is 45.3 Å². The molecule has 3 rings (SSSR count). The highest BCUT2D eigenvalue weighted by Crippen LogP contribution is 2.35. The molecule has 2 heterocycles. The van der Waals surface area contributed by atoms with Crippen molar-refractivity contribution >= 4 is 17.4 Å². The van der Waals surface area contributed by atoms with Crippen molar-refractivity contribution in [3.8, 4) is 5.75 Å². The predicted molar refractivity (Wildman–Crippen MR) is 84.5 cm³/mol. The van der Waals surface area contributed by atoms with Crippen LogP contribution in [0.25, 0.3) is 0 Å². The molecule has 1 amide bonds. The number of carbonyl (C=O) groups is 2. The first-order valence-electron chi connectivity index (χ1n) is 8.01. The average molecular weight is 302 g/mol. The van der Waals surface area contributed by atoms with Crippen LogP contribution in [0.5, 0.6) is 5.75 Å². The fourth-order valence-electron chi connectivity index (χ4n) is 3.16. The number of nitrogens with one attached hydrogen (secondary N) is 1. The average Bonchev–Trinajstić information content (AvgIpc) is 2.56. The lowest BCUT2D eigenvalue weighted by Crippen LogP contribution is -2.44. The summed E-state index contributed by atoms with van der Waals surface area (Å²) in [5.41, 5.74) is 1.34. The molecule has 1 N–H and O–H groups in total. The molecule has 2 atom stereocenters. The number of likely N-dealkylation sites (N-methyl/N-ethyl adjacent to an activating group) is 1. The maximum Gasteiger partial charge on any atom is 0.267 e. The molecule has 0 spiro atoms. The van der Waals surface area contributed by atoms with Crippen LogP contribution in [0, 0.1) is 0 Å². The zero-order chi connectivity index (χ0) is 15.7. The van der Waals surface area contributed by atoms with Crippen LogP contribution >= 0.6 is 0 Å². The van der Waals surface area contributed by atoms with E-state index in [1.54, 1.807) is 30.0 Å². The number of Topliss-reactive ketones (excluding diaryl/α,β-unsaturated/α-hetero) is 1. The number of piperidine rings is 1. The zero-order valence-corrected chi connectivity index (χ0v) is 13.1. The smallest absolute Gasteiger partial charge is 0.267 e. The molecule has 2 aliphatic rings. The Morgan fingerprint density at radius 3 is 2.91 bits per heavy atom. The molecule has 118 valence electrons. The fourth-order valence-corrected chi connectivity index (χ4v) is 3.16. The number of amides is 1. The van der Waals surface area contributed by atoms with Crippen LogP contribution in [0.1, 0.15) is 43.5 Å². The number of ether oxygens (including phenoxy) is 1. The van der Waals surface area contributed by atoms with Gasteiger partial charge in [-0.05, 0) is 51.4 Å². The molecule has 1 fully saturated rings. The molecular formula is C17H22N2O3. The van der Waals surface area contributed by atoms with Crippen LogP contribution in [-0.2, 0) is 4.79 Å². The summed E-state index contributed by atoms with van der Waals surface area (Å²) in [6.07, 6.45) is 2.60. The largest absolute Gasteiger partial charge is 0.479 e. The Balaban J connectivity index is 1.91. The van der Waals surface area contributed by atoms with Crippen LogP contribution in [0.15, 0.2) is 18.2 Å². The Labute approximate surface area is 130 Å². The molecular weight excluding hydrogens is 280 g/mol. The van der Waals surface area contributed by atoms with Crippen LogP contribution in [0.4, 0.5) is 5.69 Å². The van der Waals surface area contributed by atoms with Gasteiger partial charge < -0.3 is 15.0 Å². The molecule has 0 bridgehead atoms. The van der Waals surface area contributed by atoms with Crippen LogP contribution in [-0.4, -0.2) is 36.9 Å². The number of nitrogens with zero attached hydrogens (tertiary/aromatic N) is 1. The number of fused-ring (bicyclic) bond motifs is 1. The zero-order valence-electron chi connectivity index (χ0n) is 13.1. The van der Waals surface area contributed by atoms with E-state index in [0.29, 0.717) is 23.5 Å². The van der Waals surface area contributed by atoms with Crippen molar-refractivity contribution in [3.05, 3.63) is 23.8 Å². The summed E-state index contributed by atoms with van der Waals surface area (Å²) in [5, 5.41) is 3.28. The lowest BCUT2D eigenvalue weighted by atomic mass is 9.95. The van der Waals surface area contributed by atoms with Gasteiger partial charge in [-0.2, -0.15) is 0 Å². The molecule has 0 saturated carbocycles. The molecule has 1 saturated heterocycles. The molecule has 0 aromatic heterocycles. The number of carbonyl (C=O) groups excluding carboxylic acids is 2.